The van der Waals surface area contributed by atoms with Gasteiger partial charge in [-0.3, -0.25) is 0 Å². The number of halogens is 1. The van der Waals surface area contributed by atoms with Crippen molar-refractivity contribution in [2.75, 3.05) is 11.6 Å². The molecule has 1 N–H and O–H groups in total. The quantitative estimate of drug-likeness (QED) is 0.775. The number of sulfonamides is 1. The second-order valence-electron chi connectivity index (χ2n) is 2.25. The highest BCUT2D eigenvalue weighted by atomic mass is 35.5. The van der Waals surface area contributed by atoms with E-state index in [9.17, 15) is 8.42 Å². The molecule has 4 nitrogen and oxygen atoms in total. The van der Waals surface area contributed by atoms with Crippen molar-refractivity contribution in [2.45, 2.75) is 6.54 Å². The second-order valence-corrected chi connectivity index (χ2v) is 5.54. The lowest BCUT2D eigenvalue weighted by Gasteiger charge is -2.01. The molecule has 0 radical (unpaired) electrons. The number of nitrogens with one attached hydrogen (secondary N) is 1. The van der Waals surface area contributed by atoms with Crippen molar-refractivity contribution in [1.82, 2.24) is 9.71 Å². The molecule has 0 saturated carbocycles. The van der Waals surface area contributed by atoms with Crippen LogP contribution in [0.15, 0.2) is 11.6 Å². The Morgan fingerprint density at radius 3 is 2.92 bits per heavy atom. The van der Waals surface area contributed by atoms with E-state index in [0.717, 1.165) is 5.01 Å². The normalized spacial score (nSPS) is 11.8. The Morgan fingerprint density at radius 2 is 2.38 bits per heavy atom. The average molecular weight is 241 g/mol. The van der Waals surface area contributed by atoms with Crippen LogP contribution in [0.5, 0.6) is 0 Å². The summed E-state index contributed by atoms with van der Waals surface area (Å²) in [5, 5.41) is 2.55. The van der Waals surface area contributed by atoms with E-state index in [-0.39, 0.29) is 18.2 Å². The Kier molecular flexibility index (Phi) is 4.11. The van der Waals surface area contributed by atoms with Gasteiger partial charge in [-0.15, -0.1) is 22.9 Å². The van der Waals surface area contributed by atoms with Gasteiger partial charge in [0.15, 0.2) is 0 Å². The lowest BCUT2D eigenvalue weighted by atomic mass is 10.7. The van der Waals surface area contributed by atoms with Gasteiger partial charge in [-0.25, -0.2) is 18.1 Å². The van der Waals surface area contributed by atoms with E-state index < -0.39 is 10.0 Å². The third kappa shape index (κ3) is 4.04. The van der Waals surface area contributed by atoms with Crippen molar-refractivity contribution < 1.29 is 8.42 Å². The molecule has 1 aromatic rings. The second kappa shape index (κ2) is 4.90. The molecule has 0 spiro atoms. The number of rotatable bonds is 5. The van der Waals surface area contributed by atoms with Crippen molar-refractivity contribution in [3.8, 4) is 0 Å². The van der Waals surface area contributed by atoms with Gasteiger partial charge in [-0.1, -0.05) is 0 Å². The Hall–Kier alpha value is -0.170. The molecule has 0 aliphatic heterocycles. The zero-order valence-corrected chi connectivity index (χ0v) is 9.12. The molecule has 0 atom stereocenters. The fourth-order valence-corrected chi connectivity index (χ4v) is 2.65. The minimum absolute atomic E-state index is 0.0556. The molecule has 1 heterocycles. The van der Waals surface area contributed by atoms with Gasteiger partial charge >= 0.3 is 0 Å². The maximum absolute atomic E-state index is 11.1. The van der Waals surface area contributed by atoms with Gasteiger partial charge in [0.2, 0.25) is 10.0 Å². The first-order valence-corrected chi connectivity index (χ1v) is 6.62. The average Bonchev–Trinajstić information content (AvgIpc) is 2.52. The highest BCUT2D eigenvalue weighted by Crippen LogP contribution is 2.03. The first-order valence-electron chi connectivity index (χ1n) is 3.56. The van der Waals surface area contributed by atoms with Crippen LogP contribution in [-0.2, 0) is 16.6 Å². The van der Waals surface area contributed by atoms with Crippen LogP contribution in [-0.4, -0.2) is 25.0 Å². The van der Waals surface area contributed by atoms with Crippen molar-refractivity contribution in [3.63, 3.8) is 0 Å². The van der Waals surface area contributed by atoms with Crippen molar-refractivity contribution in [1.29, 1.82) is 0 Å². The molecule has 0 aliphatic carbocycles. The highest BCUT2D eigenvalue weighted by Gasteiger charge is 2.08. The molecule has 7 heteroatoms. The summed E-state index contributed by atoms with van der Waals surface area (Å²) >= 11 is 6.73. The Morgan fingerprint density at radius 1 is 1.62 bits per heavy atom. The number of hydrogen-bond acceptors (Lipinski definition) is 4. The van der Waals surface area contributed by atoms with Gasteiger partial charge in [-0.05, 0) is 0 Å². The maximum Gasteiger partial charge on any atom is 0.213 e. The summed E-state index contributed by atoms with van der Waals surface area (Å²) in [7, 11) is -3.22. The SMILES string of the molecule is O=S(=O)(CCCl)NCc1nccs1. The van der Waals surface area contributed by atoms with Crippen molar-refractivity contribution >= 4 is 33.0 Å². The molecule has 0 unspecified atom stereocenters. The first kappa shape index (κ1) is 10.9. The molecule has 0 saturated heterocycles. The summed E-state index contributed by atoms with van der Waals surface area (Å²) in [6.07, 6.45) is 1.63. The van der Waals surface area contributed by atoms with Crippen LogP contribution in [0.25, 0.3) is 0 Å². The van der Waals surface area contributed by atoms with E-state index in [1.54, 1.807) is 11.6 Å². The van der Waals surface area contributed by atoms with Gasteiger partial charge in [-0.2, -0.15) is 0 Å². The topological polar surface area (TPSA) is 59.1 Å². The fourth-order valence-electron chi connectivity index (χ4n) is 0.686. The molecule has 0 aromatic carbocycles. The minimum atomic E-state index is -3.22. The van der Waals surface area contributed by atoms with E-state index in [1.165, 1.54) is 11.3 Å². The summed E-state index contributed by atoms with van der Waals surface area (Å²) in [6.45, 7) is 0.247. The standard InChI is InChI=1S/C6H9ClN2O2S2/c7-1-4-13(10,11)9-5-6-8-2-3-12-6/h2-3,9H,1,4-5H2. The summed E-state index contributed by atoms with van der Waals surface area (Å²) in [5.41, 5.74) is 0. The predicted molar refractivity (Wildman–Crippen MR) is 53.5 cm³/mol. The zero-order chi connectivity index (χ0) is 9.73. The van der Waals surface area contributed by atoms with Gasteiger partial charge in [0.05, 0.1) is 12.3 Å². The molecular weight excluding hydrogens is 232 g/mol. The van der Waals surface area contributed by atoms with E-state index in [0.29, 0.717) is 0 Å². The third-order valence-corrected chi connectivity index (χ3v) is 3.79. The summed E-state index contributed by atoms with van der Waals surface area (Å²) in [4.78, 5) is 3.94. The van der Waals surface area contributed by atoms with Crippen molar-refractivity contribution in [2.24, 2.45) is 0 Å². The molecule has 0 bridgehead atoms. The molecular formula is C6H9ClN2O2S2. The summed E-state index contributed by atoms with van der Waals surface area (Å²) in [6, 6.07) is 0. The molecule has 13 heavy (non-hydrogen) atoms. The predicted octanol–water partition coefficient (Wildman–Crippen LogP) is 0.801. The Bertz CT molecular complexity index is 336. The molecule has 0 fully saturated rings. The number of alkyl halides is 1. The van der Waals surface area contributed by atoms with E-state index in [1.807, 2.05) is 0 Å². The number of hydrogen-bond donors (Lipinski definition) is 1. The van der Waals surface area contributed by atoms with Crippen LogP contribution >= 0.6 is 22.9 Å². The third-order valence-electron chi connectivity index (χ3n) is 1.27. The largest absolute Gasteiger partial charge is 0.248 e. The lowest BCUT2D eigenvalue weighted by molar-refractivity contribution is 0.582. The van der Waals surface area contributed by atoms with Crippen LogP contribution < -0.4 is 4.72 Å². The highest BCUT2D eigenvalue weighted by molar-refractivity contribution is 7.89. The number of aromatic nitrogens is 1. The van der Waals surface area contributed by atoms with E-state index >= 15 is 0 Å². The number of nitrogens with zero attached hydrogens (tertiary/aromatic N) is 1. The van der Waals surface area contributed by atoms with Gasteiger partial charge in [0.25, 0.3) is 0 Å². The van der Waals surface area contributed by atoms with Crippen LogP contribution in [0, 0.1) is 0 Å². The van der Waals surface area contributed by atoms with E-state index in [4.69, 9.17) is 11.6 Å². The zero-order valence-electron chi connectivity index (χ0n) is 6.73. The first-order chi connectivity index (χ1) is 6.14. The molecule has 1 rings (SSSR count). The van der Waals surface area contributed by atoms with E-state index in [2.05, 4.69) is 9.71 Å². The molecule has 0 amide bonds. The monoisotopic (exact) mass is 240 g/mol. The van der Waals surface area contributed by atoms with Gasteiger partial charge in [0, 0.05) is 17.5 Å². The smallest absolute Gasteiger partial charge is 0.213 e. The molecule has 0 aliphatic rings. The summed E-state index contributed by atoms with van der Waals surface area (Å²) < 4.78 is 24.6. The minimum Gasteiger partial charge on any atom is -0.248 e. The van der Waals surface area contributed by atoms with Crippen LogP contribution in [0.3, 0.4) is 0 Å². The Balaban J connectivity index is 2.43. The van der Waals surface area contributed by atoms with Crippen LogP contribution in [0.2, 0.25) is 0 Å². The lowest BCUT2D eigenvalue weighted by Crippen LogP contribution is -2.26. The van der Waals surface area contributed by atoms with Crippen molar-refractivity contribution in [3.05, 3.63) is 16.6 Å². The fraction of sp³-hybridized carbons (Fsp3) is 0.500. The molecule has 74 valence electrons. The van der Waals surface area contributed by atoms with Gasteiger partial charge in [0.1, 0.15) is 5.01 Å². The van der Waals surface area contributed by atoms with Gasteiger partial charge < -0.3 is 0 Å². The molecule has 1 aromatic heterocycles. The van der Waals surface area contributed by atoms with Crippen LogP contribution in [0.1, 0.15) is 5.01 Å². The number of thiazole rings is 1. The Labute approximate surface area is 86.0 Å². The summed E-state index contributed by atoms with van der Waals surface area (Å²) in [5.74, 6) is 0.0487. The van der Waals surface area contributed by atoms with Crippen LogP contribution in [0.4, 0.5) is 0 Å². The maximum atomic E-state index is 11.1.